The Bertz CT molecular complexity index is 912. The summed E-state index contributed by atoms with van der Waals surface area (Å²) < 4.78 is 32.2. The van der Waals surface area contributed by atoms with Crippen molar-refractivity contribution in [2.75, 3.05) is 39.0 Å². The van der Waals surface area contributed by atoms with Gasteiger partial charge in [-0.1, -0.05) is 0 Å². The average Bonchev–Trinajstić information content (AvgIpc) is 3.23. The molecular weight excluding hydrogens is 414 g/mol. The van der Waals surface area contributed by atoms with Crippen LogP contribution in [0, 0.1) is 0 Å². The van der Waals surface area contributed by atoms with Gasteiger partial charge in [-0.25, -0.2) is 8.42 Å². The predicted octanol–water partition coefficient (Wildman–Crippen LogP) is 0.982. The largest absolute Gasteiger partial charge is 0.497 e. The topological polar surface area (TPSA) is 87.2 Å². The first kappa shape index (κ1) is 20.5. The number of benzene rings is 1. The molecule has 3 saturated heterocycles. The first-order valence-electron chi connectivity index (χ1n) is 9.65. The van der Waals surface area contributed by atoms with Crippen LogP contribution < -0.4 is 4.74 Å². The molecule has 3 fully saturated rings. The van der Waals surface area contributed by atoms with E-state index in [1.807, 2.05) is 6.92 Å². The number of piperazine rings is 1. The van der Waals surface area contributed by atoms with Gasteiger partial charge in [0.1, 0.15) is 11.8 Å². The monoisotopic (exact) mass is 439 g/mol. The van der Waals surface area contributed by atoms with Crippen molar-refractivity contribution in [3.8, 4) is 5.75 Å². The number of methoxy groups -OCH3 is 1. The van der Waals surface area contributed by atoms with Crippen LogP contribution in [0.2, 0.25) is 0 Å². The molecule has 0 aromatic heterocycles. The maximum Gasteiger partial charge on any atom is 0.246 e. The fourth-order valence-electron chi connectivity index (χ4n) is 4.26. The third-order valence-corrected chi connectivity index (χ3v) is 9.40. The first-order valence-corrected chi connectivity index (χ1v) is 12.1. The maximum atomic E-state index is 13.1. The van der Waals surface area contributed by atoms with E-state index in [0.717, 1.165) is 6.42 Å². The van der Waals surface area contributed by atoms with Crippen LogP contribution >= 0.6 is 11.8 Å². The molecule has 0 bridgehead atoms. The van der Waals surface area contributed by atoms with Crippen molar-refractivity contribution in [3.05, 3.63) is 24.3 Å². The van der Waals surface area contributed by atoms with E-state index in [0.29, 0.717) is 31.0 Å². The van der Waals surface area contributed by atoms with E-state index < -0.39 is 16.1 Å². The molecule has 0 aliphatic carbocycles. The Hall–Kier alpha value is -1.78. The summed E-state index contributed by atoms with van der Waals surface area (Å²) >= 11 is 1.67. The number of sulfonamides is 1. The Kier molecular flexibility index (Phi) is 5.28. The van der Waals surface area contributed by atoms with E-state index in [-0.39, 0.29) is 34.7 Å². The second-order valence-electron chi connectivity index (χ2n) is 7.67. The van der Waals surface area contributed by atoms with Crippen molar-refractivity contribution in [2.45, 2.75) is 35.6 Å². The third-order valence-electron chi connectivity index (χ3n) is 5.98. The highest BCUT2D eigenvalue weighted by Crippen LogP contribution is 2.47. The zero-order valence-electron chi connectivity index (χ0n) is 16.5. The van der Waals surface area contributed by atoms with Crippen LogP contribution in [0.3, 0.4) is 0 Å². The molecule has 29 heavy (non-hydrogen) atoms. The van der Waals surface area contributed by atoms with Gasteiger partial charge in [0.2, 0.25) is 21.8 Å². The van der Waals surface area contributed by atoms with Crippen LogP contribution in [0.1, 0.15) is 19.8 Å². The summed E-state index contributed by atoms with van der Waals surface area (Å²) in [6, 6.07) is 5.86. The molecule has 0 N–H and O–H groups in total. The average molecular weight is 440 g/mol. The summed E-state index contributed by atoms with van der Waals surface area (Å²) in [7, 11) is -2.09. The van der Waals surface area contributed by atoms with Crippen LogP contribution in [-0.4, -0.2) is 84.3 Å². The van der Waals surface area contributed by atoms with Crippen molar-refractivity contribution in [1.29, 1.82) is 0 Å². The first-order chi connectivity index (χ1) is 13.8. The van der Waals surface area contributed by atoms with Crippen LogP contribution in [0.4, 0.5) is 0 Å². The Morgan fingerprint density at radius 2 is 1.83 bits per heavy atom. The molecular formula is C19H25N3O5S2. The summed E-state index contributed by atoms with van der Waals surface area (Å²) in [5.41, 5.74) is 0. The van der Waals surface area contributed by atoms with Gasteiger partial charge in [0.05, 0.1) is 16.9 Å². The van der Waals surface area contributed by atoms with Crippen LogP contribution in [0.15, 0.2) is 29.2 Å². The molecule has 2 atom stereocenters. The molecule has 3 aliphatic heterocycles. The minimum Gasteiger partial charge on any atom is -0.497 e. The zero-order chi connectivity index (χ0) is 20.8. The highest BCUT2D eigenvalue weighted by atomic mass is 32.2. The number of hydrogen-bond acceptors (Lipinski definition) is 6. The van der Waals surface area contributed by atoms with E-state index in [1.165, 1.54) is 23.5 Å². The summed E-state index contributed by atoms with van der Waals surface area (Å²) in [6.07, 6.45) is 1.26. The molecule has 0 saturated carbocycles. The molecule has 3 aliphatic rings. The van der Waals surface area contributed by atoms with Gasteiger partial charge in [-0.15, -0.1) is 11.8 Å². The molecule has 1 aromatic carbocycles. The van der Waals surface area contributed by atoms with E-state index in [2.05, 4.69) is 0 Å². The number of thioether (sulfide) groups is 1. The van der Waals surface area contributed by atoms with Crippen molar-refractivity contribution in [1.82, 2.24) is 14.1 Å². The summed E-state index contributed by atoms with van der Waals surface area (Å²) in [5, 5.41) is 0. The molecule has 3 heterocycles. The van der Waals surface area contributed by atoms with Crippen molar-refractivity contribution in [2.24, 2.45) is 0 Å². The fourth-order valence-corrected chi connectivity index (χ4v) is 7.11. The Morgan fingerprint density at radius 1 is 1.17 bits per heavy atom. The highest BCUT2D eigenvalue weighted by Gasteiger charge is 2.53. The molecule has 0 radical (unpaired) electrons. The SMILES string of the molecule is COc1ccc(S(=O)(=O)N2CCN(C(=O)[C@@H]3CS[C@@]4(C)CCC(=O)N34)CC2)cc1. The predicted molar refractivity (Wildman–Crippen MR) is 109 cm³/mol. The summed E-state index contributed by atoms with van der Waals surface area (Å²) in [6.45, 7) is 3.16. The smallest absolute Gasteiger partial charge is 0.246 e. The summed E-state index contributed by atoms with van der Waals surface area (Å²) in [5.74, 6) is 1.16. The number of ether oxygens (including phenoxy) is 1. The quantitative estimate of drug-likeness (QED) is 0.695. The van der Waals surface area contributed by atoms with Gasteiger partial charge in [-0.3, -0.25) is 9.59 Å². The molecule has 2 amide bonds. The zero-order valence-corrected chi connectivity index (χ0v) is 18.2. The number of hydrogen-bond donors (Lipinski definition) is 0. The number of fused-ring (bicyclic) bond motifs is 1. The normalized spacial score (nSPS) is 27.9. The van der Waals surface area contributed by atoms with Gasteiger partial charge in [-0.2, -0.15) is 4.31 Å². The van der Waals surface area contributed by atoms with Gasteiger partial charge in [0.15, 0.2) is 0 Å². The lowest BCUT2D eigenvalue weighted by molar-refractivity contribution is -0.144. The third kappa shape index (κ3) is 3.51. The number of carbonyl (C=O) groups excluding carboxylic acids is 2. The highest BCUT2D eigenvalue weighted by molar-refractivity contribution is 8.01. The van der Waals surface area contributed by atoms with E-state index >= 15 is 0 Å². The lowest BCUT2D eigenvalue weighted by atomic mass is 10.2. The Morgan fingerprint density at radius 3 is 2.45 bits per heavy atom. The van der Waals surface area contributed by atoms with Crippen LogP contribution in [-0.2, 0) is 19.6 Å². The van der Waals surface area contributed by atoms with Crippen LogP contribution in [0.25, 0.3) is 0 Å². The second-order valence-corrected chi connectivity index (χ2v) is 11.1. The van der Waals surface area contributed by atoms with Gasteiger partial charge < -0.3 is 14.5 Å². The minimum absolute atomic E-state index is 0.0385. The summed E-state index contributed by atoms with van der Waals surface area (Å²) in [4.78, 5) is 28.7. The minimum atomic E-state index is -3.62. The van der Waals surface area contributed by atoms with Crippen molar-refractivity contribution < 1.29 is 22.7 Å². The molecule has 0 spiro atoms. The molecule has 4 rings (SSSR count). The van der Waals surface area contributed by atoms with Gasteiger partial charge in [0.25, 0.3) is 0 Å². The van der Waals surface area contributed by atoms with Gasteiger partial charge >= 0.3 is 0 Å². The van der Waals surface area contributed by atoms with E-state index in [4.69, 9.17) is 4.74 Å². The molecule has 8 nitrogen and oxygen atoms in total. The number of nitrogens with zero attached hydrogens (tertiary/aromatic N) is 3. The Labute approximate surface area is 175 Å². The number of amides is 2. The van der Waals surface area contributed by atoms with E-state index in [1.54, 1.807) is 33.7 Å². The Balaban J connectivity index is 1.41. The maximum absolute atomic E-state index is 13.1. The fraction of sp³-hybridized carbons (Fsp3) is 0.579. The standard InChI is InChI=1S/C19H25N3O5S2/c1-19-8-7-17(23)22(19)16(13-28-19)18(24)20-9-11-21(12-10-20)29(25,26)15-5-3-14(27-2)4-6-15/h3-6,16H,7-13H2,1-2H3/t16-,19-/m0/s1. The lowest BCUT2D eigenvalue weighted by Gasteiger charge is -2.37. The van der Waals surface area contributed by atoms with Gasteiger partial charge in [0, 0.05) is 38.4 Å². The number of rotatable bonds is 4. The molecule has 158 valence electrons. The molecule has 10 heteroatoms. The lowest BCUT2D eigenvalue weighted by Crippen LogP contribution is -2.56. The van der Waals surface area contributed by atoms with Crippen molar-refractivity contribution >= 4 is 33.6 Å². The van der Waals surface area contributed by atoms with Crippen LogP contribution in [0.5, 0.6) is 5.75 Å². The van der Waals surface area contributed by atoms with Crippen molar-refractivity contribution in [3.63, 3.8) is 0 Å². The number of carbonyl (C=O) groups is 2. The van der Waals surface area contributed by atoms with Gasteiger partial charge in [-0.05, 0) is 37.6 Å². The molecule has 0 unspecified atom stereocenters. The van der Waals surface area contributed by atoms with E-state index in [9.17, 15) is 18.0 Å². The molecule has 1 aromatic rings. The second kappa shape index (κ2) is 7.48.